The second-order valence-corrected chi connectivity index (χ2v) is 6.25. The summed E-state index contributed by atoms with van der Waals surface area (Å²) in [6.07, 6.45) is -1.79. The number of benzene rings is 1. The summed E-state index contributed by atoms with van der Waals surface area (Å²) in [6.45, 7) is 1.45. The molecule has 0 amide bonds. The Labute approximate surface area is 131 Å². The molecule has 22 heavy (non-hydrogen) atoms. The summed E-state index contributed by atoms with van der Waals surface area (Å²) in [5.41, 5.74) is 1.14. The van der Waals surface area contributed by atoms with Gasteiger partial charge in [0.05, 0.1) is 6.10 Å². The Hall–Kier alpha value is -1.83. The highest BCUT2D eigenvalue weighted by molar-refractivity contribution is 8.13. The zero-order valence-corrected chi connectivity index (χ0v) is 12.8. The lowest BCUT2D eigenvalue weighted by molar-refractivity contribution is -0.109. The molecule has 1 heterocycles. The molecule has 118 valence electrons. The third kappa shape index (κ3) is 3.88. The molecule has 0 saturated heterocycles. The van der Waals surface area contributed by atoms with Crippen molar-refractivity contribution in [2.75, 3.05) is 5.75 Å². The van der Waals surface area contributed by atoms with Crippen LogP contribution in [0.3, 0.4) is 0 Å². The number of carboxylic acid groups (broad SMARTS) is 1. The first-order valence-electron chi connectivity index (χ1n) is 6.74. The number of hydrogen-bond donors (Lipinski definition) is 4. The molecule has 0 bridgehead atoms. The third-order valence-corrected chi connectivity index (χ3v) is 4.15. The summed E-state index contributed by atoms with van der Waals surface area (Å²) in [5.74, 6) is -0.624. The molecule has 0 aliphatic carbocycles. The number of nitrogens with one attached hydrogen (secondary N) is 1. The smallest absolute Gasteiger partial charge is 0.352 e. The van der Waals surface area contributed by atoms with Crippen molar-refractivity contribution in [1.82, 2.24) is 4.98 Å². The lowest BCUT2D eigenvalue weighted by atomic mass is 10.0. The van der Waals surface area contributed by atoms with Crippen LogP contribution in [0, 0.1) is 0 Å². The molecule has 1 aromatic carbocycles. The number of fused-ring (bicyclic) bond motifs is 1. The first-order chi connectivity index (χ1) is 10.4. The van der Waals surface area contributed by atoms with Gasteiger partial charge < -0.3 is 20.3 Å². The number of aliphatic hydroxyl groups excluding tert-OH is 2. The summed E-state index contributed by atoms with van der Waals surface area (Å²) < 4.78 is 0. The fourth-order valence-corrected chi connectivity index (χ4v) is 2.79. The zero-order chi connectivity index (χ0) is 16.3. The number of carbonyl (C=O) groups excluding carboxylic acids is 1. The summed E-state index contributed by atoms with van der Waals surface area (Å²) in [7, 11) is 0. The van der Waals surface area contributed by atoms with Gasteiger partial charge in [-0.15, -0.1) is 0 Å². The molecule has 0 aliphatic heterocycles. The average molecular weight is 323 g/mol. The first kappa shape index (κ1) is 16.5. The molecule has 2 atom stereocenters. The van der Waals surface area contributed by atoms with E-state index in [-0.39, 0.29) is 17.2 Å². The zero-order valence-electron chi connectivity index (χ0n) is 11.9. The van der Waals surface area contributed by atoms with Crippen molar-refractivity contribution in [2.45, 2.75) is 25.6 Å². The number of aliphatic hydroxyl groups is 2. The van der Waals surface area contributed by atoms with Crippen LogP contribution < -0.4 is 0 Å². The van der Waals surface area contributed by atoms with Gasteiger partial charge >= 0.3 is 5.97 Å². The van der Waals surface area contributed by atoms with Crippen molar-refractivity contribution in [3.8, 4) is 0 Å². The van der Waals surface area contributed by atoms with Gasteiger partial charge in [-0.25, -0.2) is 4.79 Å². The van der Waals surface area contributed by atoms with Crippen LogP contribution in [0.4, 0.5) is 0 Å². The van der Waals surface area contributed by atoms with Crippen molar-refractivity contribution in [3.63, 3.8) is 0 Å². The molecular weight excluding hydrogens is 306 g/mol. The van der Waals surface area contributed by atoms with Gasteiger partial charge in [0.25, 0.3) is 0 Å². The van der Waals surface area contributed by atoms with Crippen molar-refractivity contribution < 1.29 is 24.9 Å². The monoisotopic (exact) mass is 323 g/mol. The molecular formula is C15H17NO5S. The number of aromatic carboxylic acids is 1. The fourth-order valence-electron chi connectivity index (χ4n) is 2.15. The lowest BCUT2D eigenvalue weighted by Crippen LogP contribution is -2.19. The predicted octanol–water partition coefficient (Wildman–Crippen LogP) is 1.93. The largest absolute Gasteiger partial charge is 0.477 e. The Kier molecular flexibility index (Phi) is 5.23. The molecule has 2 rings (SSSR count). The van der Waals surface area contributed by atoms with E-state index in [9.17, 15) is 19.8 Å². The van der Waals surface area contributed by atoms with Crippen molar-refractivity contribution in [1.29, 1.82) is 0 Å². The minimum absolute atomic E-state index is 0.0318. The number of thioether (sulfide) groups is 1. The molecule has 0 spiro atoms. The van der Waals surface area contributed by atoms with Crippen LogP contribution >= 0.6 is 11.8 Å². The summed E-state index contributed by atoms with van der Waals surface area (Å²) in [5, 5.41) is 29.8. The van der Waals surface area contributed by atoms with Crippen LogP contribution in [0.15, 0.2) is 24.3 Å². The first-order valence-corrected chi connectivity index (χ1v) is 7.72. The molecule has 0 saturated carbocycles. The standard InChI is InChI=1S/C15H17NO5S/c1-8(17)22-5-4-13(18)14(19)10-3-2-9-6-12(15(20)21)16-11(9)7-10/h2-3,6-7,13-14,16,18-19H,4-5H2,1H3,(H,20,21). The van der Waals surface area contributed by atoms with Gasteiger partial charge in [0.1, 0.15) is 11.8 Å². The fraction of sp³-hybridized carbons (Fsp3) is 0.333. The topological polar surface area (TPSA) is 111 Å². The SMILES string of the molecule is CC(=O)SCCC(O)C(O)c1ccc2cc(C(=O)O)[nH]c2c1. The Morgan fingerprint density at radius 2 is 2.00 bits per heavy atom. The molecule has 2 unspecified atom stereocenters. The van der Waals surface area contributed by atoms with Crippen LogP contribution in [-0.2, 0) is 4.79 Å². The summed E-state index contributed by atoms with van der Waals surface area (Å²) >= 11 is 1.10. The number of rotatable bonds is 6. The Balaban J connectivity index is 2.11. The summed E-state index contributed by atoms with van der Waals surface area (Å²) in [4.78, 5) is 24.5. The number of aromatic amines is 1. The molecule has 0 fully saturated rings. The van der Waals surface area contributed by atoms with Gasteiger partial charge in [0.2, 0.25) is 0 Å². The van der Waals surface area contributed by atoms with Crippen LogP contribution in [0.2, 0.25) is 0 Å². The molecule has 0 aliphatic rings. The van der Waals surface area contributed by atoms with Crippen LogP contribution in [0.1, 0.15) is 35.5 Å². The number of carbonyl (C=O) groups is 2. The van der Waals surface area contributed by atoms with Crippen molar-refractivity contribution >= 4 is 33.7 Å². The highest BCUT2D eigenvalue weighted by atomic mass is 32.2. The Bertz CT molecular complexity index is 696. The van der Waals surface area contributed by atoms with Gasteiger partial charge in [-0.2, -0.15) is 0 Å². The Morgan fingerprint density at radius 1 is 1.27 bits per heavy atom. The van der Waals surface area contributed by atoms with E-state index in [0.29, 0.717) is 16.8 Å². The molecule has 0 radical (unpaired) electrons. The highest BCUT2D eigenvalue weighted by Gasteiger charge is 2.19. The maximum absolute atomic E-state index is 10.9. The van der Waals surface area contributed by atoms with E-state index in [1.165, 1.54) is 13.0 Å². The normalized spacial score (nSPS) is 14.0. The van der Waals surface area contributed by atoms with Crippen molar-refractivity contribution in [2.24, 2.45) is 0 Å². The maximum atomic E-state index is 10.9. The molecule has 2 aromatic rings. The molecule has 6 nitrogen and oxygen atoms in total. The van der Waals surface area contributed by atoms with E-state index in [4.69, 9.17) is 5.11 Å². The lowest BCUT2D eigenvalue weighted by Gasteiger charge is -2.17. The molecule has 4 N–H and O–H groups in total. The van der Waals surface area contributed by atoms with E-state index >= 15 is 0 Å². The minimum atomic E-state index is -1.09. The van der Waals surface area contributed by atoms with Gasteiger partial charge in [0, 0.05) is 23.6 Å². The quantitative estimate of drug-likeness (QED) is 0.646. The highest BCUT2D eigenvalue weighted by Crippen LogP contribution is 2.25. The van der Waals surface area contributed by atoms with E-state index in [1.54, 1.807) is 18.2 Å². The second-order valence-electron chi connectivity index (χ2n) is 4.98. The number of carboxylic acids is 1. The van der Waals surface area contributed by atoms with Crippen LogP contribution in [0.25, 0.3) is 10.9 Å². The molecule has 7 heteroatoms. The average Bonchev–Trinajstić information content (AvgIpc) is 2.89. The number of H-pyrrole nitrogens is 1. The van der Waals surface area contributed by atoms with Gasteiger partial charge in [-0.05, 0) is 24.1 Å². The van der Waals surface area contributed by atoms with E-state index < -0.39 is 18.2 Å². The van der Waals surface area contributed by atoms with Crippen LogP contribution in [0.5, 0.6) is 0 Å². The van der Waals surface area contributed by atoms with Gasteiger partial charge in [-0.3, -0.25) is 4.79 Å². The van der Waals surface area contributed by atoms with Gasteiger partial charge in [-0.1, -0.05) is 23.9 Å². The van der Waals surface area contributed by atoms with Gasteiger partial charge in [0.15, 0.2) is 5.12 Å². The number of aromatic nitrogens is 1. The van der Waals surface area contributed by atoms with E-state index in [2.05, 4.69) is 4.98 Å². The molecule has 1 aromatic heterocycles. The maximum Gasteiger partial charge on any atom is 0.352 e. The second kappa shape index (κ2) is 6.95. The minimum Gasteiger partial charge on any atom is -0.477 e. The Morgan fingerprint density at radius 3 is 2.64 bits per heavy atom. The summed E-state index contributed by atoms with van der Waals surface area (Å²) in [6, 6.07) is 6.46. The van der Waals surface area contributed by atoms with Crippen LogP contribution in [-0.4, -0.2) is 43.2 Å². The van der Waals surface area contributed by atoms with E-state index in [0.717, 1.165) is 17.1 Å². The predicted molar refractivity (Wildman–Crippen MR) is 84.0 cm³/mol. The third-order valence-electron chi connectivity index (χ3n) is 3.30. The van der Waals surface area contributed by atoms with E-state index in [1.807, 2.05) is 0 Å². The van der Waals surface area contributed by atoms with Crippen molar-refractivity contribution in [3.05, 3.63) is 35.5 Å². The number of hydrogen-bond acceptors (Lipinski definition) is 5.